The summed E-state index contributed by atoms with van der Waals surface area (Å²) in [5.41, 5.74) is 7.44. The van der Waals surface area contributed by atoms with Crippen molar-refractivity contribution in [1.82, 2.24) is 9.55 Å². The molecule has 5 heteroatoms. The molecule has 2 N–H and O–H groups in total. The fourth-order valence-electron chi connectivity index (χ4n) is 3.58. The van der Waals surface area contributed by atoms with Crippen molar-refractivity contribution in [2.45, 2.75) is 47.2 Å². The minimum Gasteiger partial charge on any atom is -0.477 e. The predicted octanol–water partition coefficient (Wildman–Crippen LogP) is 4.55. The average molecular weight is 351 g/mol. The largest absolute Gasteiger partial charge is 0.477 e. The summed E-state index contributed by atoms with van der Waals surface area (Å²) in [6.45, 7) is 9.82. The fourth-order valence-corrected chi connectivity index (χ4v) is 3.58. The smallest absolute Gasteiger partial charge is 0.354 e. The Morgan fingerprint density at radius 2 is 2.00 bits per heavy atom. The van der Waals surface area contributed by atoms with E-state index < -0.39 is 5.97 Å². The molecule has 0 bridgehead atoms. The summed E-state index contributed by atoms with van der Waals surface area (Å²) in [4.78, 5) is 15.8. The number of carboxylic acid groups (broad SMARTS) is 1. The molecular weight excluding hydrogens is 326 g/mol. The van der Waals surface area contributed by atoms with Crippen LogP contribution in [0, 0.1) is 13.8 Å². The van der Waals surface area contributed by atoms with Crippen LogP contribution in [0.5, 0.6) is 0 Å². The standard InChI is InChI=1S/C21H25N3O2/c1-5-15-9-7-8-13(3)16(15)12-22-17-11-19(21(25)26)23-18-10-14(4)24(6-2)20(17)18/h7-11H,5-6,12H2,1-4H3,(H,22,23)(H,25,26). The van der Waals surface area contributed by atoms with E-state index in [4.69, 9.17) is 0 Å². The number of fused-ring (bicyclic) bond motifs is 1. The van der Waals surface area contributed by atoms with Crippen LogP contribution in [0.2, 0.25) is 0 Å². The third-order valence-electron chi connectivity index (χ3n) is 4.94. The Kier molecular flexibility index (Phi) is 4.98. The number of aromatic carboxylic acids is 1. The second-order valence-corrected chi connectivity index (χ2v) is 6.54. The summed E-state index contributed by atoms with van der Waals surface area (Å²) in [7, 11) is 0. The van der Waals surface area contributed by atoms with Gasteiger partial charge in [-0.15, -0.1) is 0 Å². The molecule has 0 aliphatic rings. The van der Waals surface area contributed by atoms with Crippen LogP contribution in [-0.4, -0.2) is 20.6 Å². The number of aromatic nitrogens is 2. The molecule has 0 amide bonds. The molecule has 0 saturated carbocycles. The SMILES string of the molecule is CCc1cccc(C)c1CNc1cc(C(=O)O)nc2cc(C)n(CC)c12. The lowest BCUT2D eigenvalue weighted by molar-refractivity contribution is 0.0691. The summed E-state index contributed by atoms with van der Waals surface area (Å²) in [6.07, 6.45) is 0.968. The number of hydrogen-bond acceptors (Lipinski definition) is 3. The number of carbonyl (C=O) groups is 1. The number of benzene rings is 1. The van der Waals surface area contributed by atoms with E-state index in [1.165, 1.54) is 16.7 Å². The minimum absolute atomic E-state index is 0.0637. The molecule has 136 valence electrons. The monoisotopic (exact) mass is 351 g/mol. The van der Waals surface area contributed by atoms with Crippen LogP contribution >= 0.6 is 0 Å². The molecule has 0 radical (unpaired) electrons. The van der Waals surface area contributed by atoms with Crippen molar-refractivity contribution < 1.29 is 9.90 Å². The lowest BCUT2D eigenvalue weighted by Crippen LogP contribution is -2.09. The second kappa shape index (κ2) is 7.20. The van der Waals surface area contributed by atoms with E-state index in [0.717, 1.165) is 29.9 Å². The van der Waals surface area contributed by atoms with Crippen LogP contribution in [0.4, 0.5) is 5.69 Å². The molecular formula is C21H25N3O2. The first kappa shape index (κ1) is 18.0. The molecule has 26 heavy (non-hydrogen) atoms. The summed E-state index contributed by atoms with van der Waals surface area (Å²) in [5.74, 6) is -1.01. The van der Waals surface area contributed by atoms with Crippen LogP contribution in [0.1, 0.15) is 46.7 Å². The van der Waals surface area contributed by atoms with Gasteiger partial charge in [-0.1, -0.05) is 25.1 Å². The van der Waals surface area contributed by atoms with Crippen molar-refractivity contribution in [3.63, 3.8) is 0 Å². The van der Waals surface area contributed by atoms with E-state index >= 15 is 0 Å². The molecule has 0 unspecified atom stereocenters. The molecule has 0 aliphatic carbocycles. The lowest BCUT2D eigenvalue weighted by atomic mass is 10.00. The second-order valence-electron chi connectivity index (χ2n) is 6.54. The molecule has 0 spiro atoms. The number of nitrogens with one attached hydrogen (secondary N) is 1. The van der Waals surface area contributed by atoms with Crippen molar-refractivity contribution >= 4 is 22.7 Å². The first-order chi connectivity index (χ1) is 12.5. The Hall–Kier alpha value is -2.82. The van der Waals surface area contributed by atoms with E-state index in [9.17, 15) is 9.90 Å². The molecule has 0 fully saturated rings. The predicted molar refractivity (Wildman–Crippen MR) is 105 cm³/mol. The van der Waals surface area contributed by atoms with E-state index in [1.54, 1.807) is 6.07 Å². The number of hydrogen-bond donors (Lipinski definition) is 2. The topological polar surface area (TPSA) is 67.2 Å². The highest BCUT2D eigenvalue weighted by Gasteiger charge is 2.16. The van der Waals surface area contributed by atoms with Crippen LogP contribution in [0.3, 0.4) is 0 Å². The lowest BCUT2D eigenvalue weighted by Gasteiger charge is -2.16. The van der Waals surface area contributed by atoms with Gasteiger partial charge in [-0.3, -0.25) is 0 Å². The van der Waals surface area contributed by atoms with Crippen LogP contribution in [0.15, 0.2) is 30.3 Å². The normalized spacial score (nSPS) is 11.1. The van der Waals surface area contributed by atoms with Crippen molar-refractivity contribution in [3.8, 4) is 0 Å². The third kappa shape index (κ3) is 3.17. The maximum Gasteiger partial charge on any atom is 0.354 e. The Bertz CT molecular complexity index is 973. The van der Waals surface area contributed by atoms with Crippen LogP contribution in [0.25, 0.3) is 11.0 Å². The highest BCUT2D eigenvalue weighted by Crippen LogP contribution is 2.28. The van der Waals surface area contributed by atoms with Gasteiger partial charge in [0.25, 0.3) is 0 Å². The van der Waals surface area contributed by atoms with E-state index in [1.807, 2.05) is 13.0 Å². The number of nitrogens with zero attached hydrogens (tertiary/aromatic N) is 2. The van der Waals surface area contributed by atoms with Gasteiger partial charge < -0.3 is 15.0 Å². The molecule has 1 aromatic carbocycles. The van der Waals surface area contributed by atoms with Crippen molar-refractivity contribution in [2.75, 3.05) is 5.32 Å². The van der Waals surface area contributed by atoms with E-state index in [-0.39, 0.29) is 5.69 Å². The molecule has 0 atom stereocenters. The number of pyridine rings is 1. The molecule has 3 rings (SSSR count). The van der Waals surface area contributed by atoms with Gasteiger partial charge in [0.1, 0.15) is 0 Å². The van der Waals surface area contributed by atoms with Gasteiger partial charge in [0.2, 0.25) is 0 Å². The zero-order valence-electron chi connectivity index (χ0n) is 15.8. The molecule has 3 aromatic rings. The maximum atomic E-state index is 11.5. The molecule has 2 heterocycles. The Balaban J connectivity index is 2.08. The molecule has 2 aromatic heterocycles. The van der Waals surface area contributed by atoms with Gasteiger partial charge in [0.15, 0.2) is 5.69 Å². The van der Waals surface area contributed by atoms with Gasteiger partial charge in [0.05, 0.1) is 16.7 Å². The first-order valence-corrected chi connectivity index (χ1v) is 9.01. The highest BCUT2D eigenvalue weighted by atomic mass is 16.4. The van der Waals surface area contributed by atoms with Gasteiger partial charge >= 0.3 is 5.97 Å². The van der Waals surface area contributed by atoms with Gasteiger partial charge in [-0.25, -0.2) is 9.78 Å². The quantitative estimate of drug-likeness (QED) is 0.684. The Morgan fingerprint density at radius 3 is 2.65 bits per heavy atom. The minimum atomic E-state index is -1.01. The number of anilines is 1. The summed E-state index contributed by atoms with van der Waals surface area (Å²) >= 11 is 0. The number of aryl methyl sites for hydroxylation is 4. The van der Waals surface area contributed by atoms with E-state index in [0.29, 0.717) is 12.1 Å². The van der Waals surface area contributed by atoms with Crippen molar-refractivity contribution in [2.24, 2.45) is 0 Å². The zero-order chi connectivity index (χ0) is 18.8. The molecule has 5 nitrogen and oxygen atoms in total. The Morgan fingerprint density at radius 1 is 1.23 bits per heavy atom. The van der Waals surface area contributed by atoms with E-state index in [2.05, 4.69) is 53.8 Å². The fraction of sp³-hybridized carbons (Fsp3) is 0.333. The Labute approximate surface area is 153 Å². The average Bonchev–Trinajstić information content (AvgIpc) is 2.95. The first-order valence-electron chi connectivity index (χ1n) is 9.01. The summed E-state index contributed by atoms with van der Waals surface area (Å²) in [6, 6.07) is 9.92. The number of rotatable bonds is 6. The highest BCUT2D eigenvalue weighted by molar-refractivity contribution is 5.96. The number of carboxylic acids is 1. The summed E-state index contributed by atoms with van der Waals surface area (Å²) < 4.78 is 2.16. The molecule has 0 saturated heterocycles. The van der Waals surface area contributed by atoms with Gasteiger partial charge in [-0.05, 0) is 56.0 Å². The van der Waals surface area contributed by atoms with Crippen molar-refractivity contribution in [1.29, 1.82) is 0 Å². The van der Waals surface area contributed by atoms with Crippen LogP contribution < -0.4 is 5.32 Å². The van der Waals surface area contributed by atoms with Crippen LogP contribution in [-0.2, 0) is 19.5 Å². The third-order valence-corrected chi connectivity index (χ3v) is 4.94. The molecule has 0 aliphatic heterocycles. The van der Waals surface area contributed by atoms with Gasteiger partial charge in [0, 0.05) is 18.8 Å². The zero-order valence-corrected chi connectivity index (χ0v) is 15.8. The van der Waals surface area contributed by atoms with Gasteiger partial charge in [-0.2, -0.15) is 0 Å². The van der Waals surface area contributed by atoms with Crippen molar-refractivity contribution in [3.05, 3.63) is 58.4 Å². The maximum absolute atomic E-state index is 11.5. The summed E-state index contributed by atoms with van der Waals surface area (Å²) in [5, 5.41) is 12.9.